The van der Waals surface area contributed by atoms with E-state index in [1.807, 2.05) is 44.2 Å². The van der Waals surface area contributed by atoms with Crippen molar-refractivity contribution in [3.05, 3.63) is 47.8 Å². The lowest BCUT2D eigenvalue weighted by molar-refractivity contribution is -0.134. The van der Waals surface area contributed by atoms with Gasteiger partial charge in [-0.05, 0) is 19.4 Å². The molecular weight excluding hydrogens is 296 g/mol. The highest BCUT2D eigenvalue weighted by atomic mass is 16.5. The molecule has 0 aliphatic rings. The van der Waals surface area contributed by atoms with Gasteiger partial charge in [0.25, 0.3) is 5.91 Å². The third-order valence-corrected chi connectivity index (χ3v) is 3.38. The fraction of sp³-hybridized carbons (Fsp3) is 0.375. The third-order valence-electron chi connectivity index (χ3n) is 3.38. The Morgan fingerprint density at radius 1 is 1.17 bits per heavy atom. The first-order valence-electron chi connectivity index (χ1n) is 7.53. The zero-order chi connectivity index (χ0) is 16.7. The third kappa shape index (κ3) is 4.64. The van der Waals surface area contributed by atoms with E-state index in [2.05, 4.69) is 10.3 Å². The highest BCUT2D eigenvalue weighted by Crippen LogP contribution is 2.03. The van der Waals surface area contributed by atoms with E-state index in [0.29, 0.717) is 19.6 Å². The predicted molar refractivity (Wildman–Crippen MR) is 83.8 cm³/mol. The summed E-state index contributed by atoms with van der Waals surface area (Å²) in [5, 5.41) is 7.69. The van der Waals surface area contributed by atoms with E-state index in [1.165, 1.54) is 6.20 Å². The minimum atomic E-state index is -0.648. The largest absolute Gasteiger partial charge is 0.451 e. The predicted octanol–water partition coefficient (Wildman–Crippen LogP) is 1.35. The van der Waals surface area contributed by atoms with E-state index in [-0.39, 0.29) is 18.2 Å². The normalized spacial score (nSPS) is 10.3. The molecule has 2 aromatic rings. The first-order chi connectivity index (χ1) is 11.1. The second-order valence-electron chi connectivity index (χ2n) is 4.93. The molecule has 0 radical (unpaired) electrons. The van der Waals surface area contributed by atoms with Crippen LogP contribution in [0.25, 0.3) is 0 Å². The number of hydrogen-bond acceptors (Lipinski definition) is 5. The van der Waals surface area contributed by atoms with Crippen LogP contribution in [0, 0.1) is 0 Å². The lowest BCUT2D eigenvalue weighted by Gasteiger charge is -2.17. The molecule has 122 valence electrons. The van der Waals surface area contributed by atoms with Gasteiger partial charge >= 0.3 is 5.97 Å². The Bertz CT molecular complexity index is 650. The molecule has 0 spiro atoms. The molecule has 7 heteroatoms. The molecule has 0 aliphatic heterocycles. The standard InChI is InChI=1S/C16H20N4O3/c1-3-19(4-2)15(21)12-23-16(22)14-11-20(18-17-14)10-13-8-6-5-7-9-13/h5-9,11H,3-4,10,12H2,1-2H3. The van der Waals surface area contributed by atoms with Crippen LogP contribution in [-0.4, -0.2) is 51.5 Å². The number of ether oxygens (including phenoxy) is 1. The number of carbonyl (C=O) groups is 2. The van der Waals surface area contributed by atoms with Crippen LogP contribution in [0.1, 0.15) is 29.9 Å². The molecule has 7 nitrogen and oxygen atoms in total. The molecule has 0 fully saturated rings. The number of benzene rings is 1. The lowest BCUT2D eigenvalue weighted by atomic mass is 10.2. The van der Waals surface area contributed by atoms with Gasteiger partial charge in [-0.2, -0.15) is 0 Å². The lowest BCUT2D eigenvalue weighted by Crippen LogP contribution is -2.34. The maximum atomic E-state index is 11.9. The second kappa shape index (κ2) is 8.07. The van der Waals surface area contributed by atoms with Crippen molar-refractivity contribution in [1.29, 1.82) is 0 Å². The summed E-state index contributed by atoms with van der Waals surface area (Å²) in [7, 11) is 0. The van der Waals surface area contributed by atoms with Crippen molar-refractivity contribution in [2.75, 3.05) is 19.7 Å². The van der Waals surface area contributed by atoms with Gasteiger partial charge in [0.05, 0.1) is 12.7 Å². The van der Waals surface area contributed by atoms with Gasteiger partial charge in [0.1, 0.15) is 0 Å². The molecule has 0 saturated heterocycles. The molecule has 0 saturated carbocycles. The Labute approximate surface area is 134 Å². The van der Waals surface area contributed by atoms with Gasteiger partial charge in [-0.25, -0.2) is 9.48 Å². The van der Waals surface area contributed by atoms with Crippen molar-refractivity contribution in [3.63, 3.8) is 0 Å². The van der Waals surface area contributed by atoms with E-state index in [0.717, 1.165) is 5.56 Å². The molecule has 1 amide bonds. The maximum absolute atomic E-state index is 11.9. The summed E-state index contributed by atoms with van der Waals surface area (Å²) in [5.41, 5.74) is 1.14. The van der Waals surface area contributed by atoms with Gasteiger partial charge in [0.15, 0.2) is 12.3 Å². The Morgan fingerprint density at radius 2 is 1.87 bits per heavy atom. The number of likely N-dealkylation sites (N-methyl/N-ethyl adjacent to an activating group) is 1. The van der Waals surface area contributed by atoms with E-state index < -0.39 is 5.97 Å². The Balaban J connectivity index is 1.90. The molecule has 2 rings (SSSR count). The van der Waals surface area contributed by atoms with Crippen molar-refractivity contribution >= 4 is 11.9 Å². The minimum Gasteiger partial charge on any atom is -0.451 e. The SMILES string of the molecule is CCN(CC)C(=O)COC(=O)c1cn(Cc2ccccc2)nn1. The van der Waals surface area contributed by atoms with Gasteiger partial charge < -0.3 is 9.64 Å². The summed E-state index contributed by atoms with van der Waals surface area (Å²) in [5.74, 6) is -0.871. The maximum Gasteiger partial charge on any atom is 0.361 e. The zero-order valence-corrected chi connectivity index (χ0v) is 13.3. The number of hydrogen-bond donors (Lipinski definition) is 0. The summed E-state index contributed by atoms with van der Waals surface area (Å²) in [6.07, 6.45) is 1.51. The summed E-state index contributed by atoms with van der Waals surface area (Å²) < 4.78 is 6.55. The Kier molecular flexibility index (Phi) is 5.85. The quantitative estimate of drug-likeness (QED) is 0.721. The molecule has 23 heavy (non-hydrogen) atoms. The molecule has 0 atom stereocenters. The monoisotopic (exact) mass is 316 g/mol. The highest BCUT2D eigenvalue weighted by Gasteiger charge is 2.16. The zero-order valence-electron chi connectivity index (χ0n) is 13.3. The molecule has 0 unspecified atom stereocenters. The number of carbonyl (C=O) groups excluding carboxylic acids is 2. The number of rotatable bonds is 7. The Hall–Kier alpha value is -2.70. The minimum absolute atomic E-state index is 0.0910. The number of aromatic nitrogens is 3. The molecule has 0 bridgehead atoms. The molecule has 1 heterocycles. The van der Waals surface area contributed by atoms with Crippen molar-refractivity contribution in [2.45, 2.75) is 20.4 Å². The van der Waals surface area contributed by atoms with Gasteiger partial charge in [-0.1, -0.05) is 35.5 Å². The summed E-state index contributed by atoms with van der Waals surface area (Å²) in [6.45, 7) is 5.14. The van der Waals surface area contributed by atoms with Crippen LogP contribution in [0.15, 0.2) is 36.5 Å². The topological polar surface area (TPSA) is 77.3 Å². The van der Waals surface area contributed by atoms with Crippen LogP contribution in [0.4, 0.5) is 0 Å². The average molecular weight is 316 g/mol. The summed E-state index contributed by atoms with van der Waals surface area (Å²) >= 11 is 0. The second-order valence-corrected chi connectivity index (χ2v) is 4.93. The molecule has 0 aliphatic carbocycles. The first kappa shape index (κ1) is 16.7. The average Bonchev–Trinajstić information content (AvgIpc) is 3.03. The van der Waals surface area contributed by atoms with Gasteiger partial charge in [0, 0.05) is 13.1 Å². The number of nitrogens with zero attached hydrogens (tertiary/aromatic N) is 4. The molecular formula is C16H20N4O3. The summed E-state index contributed by atoms with van der Waals surface area (Å²) in [4.78, 5) is 25.3. The number of amides is 1. The van der Waals surface area contributed by atoms with Crippen molar-refractivity contribution in [3.8, 4) is 0 Å². The summed E-state index contributed by atoms with van der Waals surface area (Å²) in [6, 6.07) is 9.71. The first-order valence-corrected chi connectivity index (χ1v) is 7.53. The molecule has 0 N–H and O–H groups in total. The van der Waals surface area contributed by atoms with Gasteiger partial charge in [-0.3, -0.25) is 4.79 Å². The van der Waals surface area contributed by atoms with Gasteiger partial charge in [-0.15, -0.1) is 5.10 Å². The van der Waals surface area contributed by atoms with Crippen molar-refractivity contribution in [2.24, 2.45) is 0 Å². The Morgan fingerprint density at radius 3 is 2.52 bits per heavy atom. The van der Waals surface area contributed by atoms with Crippen LogP contribution in [-0.2, 0) is 16.1 Å². The molecule has 1 aromatic heterocycles. The van der Waals surface area contributed by atoms with Crippen LogP contribution < -0.4 is 0 Å². The van der Waals surface area contributed by atoms with Crippen LogP contribution >= 0.6 is 0 Å². The van der Waals surface area contributed by atoms with Crippen LogP contribution in [0.5, 0.6) is 0 Å². The fourth-order valence-electron chi connectivity index (χ4n) is 2.11. The van der Waals surface area contributed by atoms with E-state index >= 15 is 0 Å². The number of esters is 1. The van der Waals surface area contributed by atoms with Gasteiger partial charge in [0.2, 0.25) is 0 Å². The fourth-order valence-corrected chi connectivity index (χ4v) is 2.11. The van der Waals surface area contributed by atoms with Crippen molar-refractivity contribution < 1.29 is 14.3 Å². The smallest absolute Gasteiger partial charge is 0.361 e. The van der Waals surface area contributed by atoms with Crippen LogP contribution in [0.2, 0.25) is 0 Å². The van der Waals surface area contributed by atoms with Crippen molar-refractivity contribution in [1.82, 2.24) is 19.9 Å². The van der Waals surface area contributed by atoms with E-state index in [1.54, 1.807) is 9.58 Å². The van der Waals surface area contributed by atoms with Crippen LogP contribution in [0.3, 0.4) is 0 Å². The van der Waals surface area contributed by atoms with E-state index in [4.69, 9.17) is 4.74 Å². The van der Waals surface area contributed by atoms with E-state index in [9.17, 15) is 9.59 Å². The molecule has 1 aromatic carbocycles. The highest BCUT2D eigenvalue weighted by molar-refractivity contribution is 5.89.